The summed E-state index contributed by atoms with van der Waals surface area (Å²) in [4.78, 5) is 19.7. The van der Waals surface area contributed by atoms with Crippen LogP contribution in [-0.2, 0) is 7.05 Å². The number of hydrogen-bond acceptors (Lipinski definition) is 4. The molecule has 0 amide bonds. The van der Waals surface area contributed by atoms with Gasteiger partial charge in [0.15, 0.2) is 0 Å². The predicted octanol–water partition coefficient (Wildman–Crippen LogP) is 1.20. The molecule has 76 valence electrons. The van der Waals surface area contributed by atoms with E-state index in [0.717, 1.165) is 4.47 Å². The van der Waals surface area contributed by atoms with Gasteiger partial charge in [-0.2, -0.15) is 5.10 Å². The number of carbonyl (C=O) groups excluding carboxylic acids is 1. The first-order valence-electron chi connectivity index (χ1n) is 4.19. The van der Waals surface area contributed by atoms with Gasteiger partial charge in [0.05, 0.1) is 0 Å². The van der Waals surface area contributed by atoms with Crippen molar-refractivity contribution in [2.75, 3.05) is 0 Å². The van der Waals surface area contributed by atoms with Gasteiger partial charge in [-0.3, -0.25) is 9.78 Å². The molecule has 0 unspecified atom stereocenters. The number of carbonyl (C=O) groups is 1. The molecule has 0 N–H and O–H groups in total. The summed E-state index contributed by atoms with van der Waals surface area (Å²) in [5.41, 5.74) is 0.356. The Morgan fingerprint density at radius 2 is 2.20 bits per heavy atom. The average molecular weight is 267 g/mol. The highest BCUT2D eigenvalue weighted by molar-refractivity contribution is 9.10. The molecular weight excluding hydrogens is 260 g/mol. The molecule has 0 spiro atoms. The van der Waals surface area contributed by atoms with E-state index in [1.54, 1.807) is 25.4 Å². The quantitative estimate of drug-likeness (QED) is 0.767. The molecule has 0 radical (unpaired) electrons. The smallest absolute Gasteiger partial charge is 0.248 e. The summed E-state index contributed by atoms with van der Waals surface area (Å²) in [6, 6.07) is 3.40. The van der Waals surface area contributed by atoms with E-state index in [9.17, 15) is 4.79 Å². The van der Waals surface area contributed by atoms with Gasteiger partial charge in [0.25, 0.3) is 0 Å². The number of aryl methyl sites for hydroxylation is 1. The third kappa shape index (κ3) is 1.94. The summed E-state index contributed by atoms with van der Waals surface area (Å²) in [5.74, 6) is 0.0484. The Morgan fingerprint density at radius 1 is 1.40 bits per heavy atom. The molecule has 0 aliphatic rings. The van der Waals surface area contributed by atoms with Crippen LogP contribution in [0.15, 0.2) is 29.1 Å². The molecule has 0 bridgehead atoms. The van der Waals surface area contributed by atoms with Crippen molar-refractivity contribution in [2.45, 2.75) is 0 Å². The van der Waals surface area contributed by atoms with Crippen LogP contribution in [0.5, 0.6) is 0 Å². The third-order valence-corrected chi connectivity index (χ3v) is 2.34. The van der Waals surface area contributed by atoms with Crippen molar-refractivity contribution in [3.05, 3.63) is 40.6 Å². The first kappa shape index (κ1) is 9.97. The first-order valence-corrected chi connectivity index (χ1v) is 4.98. The van der Waals surface area contributed by atoms with Crippen LogP contribution in [0.25, 0.3) is 0 Å². The summed E-state index contributed by atoms with van der Waals surface area (Å²) < 4.78 is 2.25. The Bertz CT molecular complexity index is 491. The van der Waals surface area contributed by atoms with Gasteiger partial charge < -0.3 is 0 Å². The van der Waals surface area contributed by atoms with E-state index in [4.69, 9.17) is 0 Å². The van der Waals surface area contributed by atoms with Crippen LogP contribution in [0, 0.1) is 0 Å². The zero-order valence-corrected chi connectivity index (χ0v) is 9.47. The van der Waals surface area contributed by atoms with Crippen LogP contribution < -0.4 is 0 Å². The second-order valence-corrected chi connectivity index (χ2v) is 3.81. The summed E-state index contributed by atoms with van der Waals surface area (Å²) in [6.45, 7) is 0. The lowest BCUT2D eigenvalue weighted by atomic mass is 10.2. The highest BCUT2D eigenvalue weighted by atomic mass is 79.9. The Labute approximate surface area is 94.3 Å². The minimum Gasteiger partial charge on any atom is -0.283 e. The molecule has 2 aromatic rings. The molecule has 0 aliphatic carbocycles. The highest BCUT2D eigenvalue weighted by Gasteiger charge is 2.15. The van der Waals surface area contributed by atoms with E-state index < -0.39 is 0 Å². The maximum atomic E-state index is 11.8. The zero-order chi connectivity index (χ0) is 10.8. The minimum absolute atomic E-state index is 0.234. The maximum absolute atomic E-state index is 11.8. The monoisotopic (exact) mass is 266 g/mol. The van der Waals surface area contributed by atoms with E-state index in [0.29, 0.717) is 5.69 Å². The van der Waals surface area contributed by atoms with Gasteiger partial charge in [0.1, 0.15) is 12.0 Å². The fourth-order valence-electron chi connectivity index (χ4n) is 1.13. The van der Waals surface area contributed by atoms with Gasteiger partial charge in [0.2, 0.25) is 11.6 Å². The van der Waals surface area contributed by atoms with Crippen LogP contribution in [0.2, 0.25) is 0 Å². The van der Waals surface area contributed by atoms with Gasteiger partial charge in [-0.25, -0.2) is 9.67 Å². The standard InChI is InChI=1S/C9H7BrN4O/c1-14-9(12-5-13-14)8(15)7-3-2-6(10)4-11-7/h2-5H,1H3. The van der Waals surface area contributed by atoms with E-state index in [2.05, 4.69) is 31.0 Å². The number of aromatic nitrogens is 4. The van der Waals surface area contributed by atoms with E-state index in [-0.39, 0.29) is 11.6 Å². The largest absolute Gasteiger partial charge is 0.283 e. The lowest BCUT2D eigenvalue weighted by molar-refractivity contribution is 0.102. The molecule has 5 nitrogen and oxygen atoms in total. The highest BCUT2D eigenvalue weighted by Crippen LogP contribution is 2.09. The van der Waals surface area contributed by atoms with E-state index in [1.807, 2.05) is 0 Å². The number of halogens is 1. The van der Waals surface area contributed by atoms with Crippen LogP contribution in [0.1, 0.15) is 16.3 Å². The van der Waals surface area contributed by atoms with Crippen molar-refractivity contribution < 1.29 is 4.79 Å². The van der Waals surface area contributed by atoms with Crippen LogP contribution in [0.3, 0.4) is 0 Å². The van der Waals surface area contributed by atoms with Crippen molar-refractivity contribution in [1.29, 1.82) is 0 Å². The lowest BCUT2D eigenvalue weighted by Crippen LogP contribution is -2.11. The molecule has 0 aromatic carbocycles. The molecule has 6 heteroatoms. The minimum atomic E-state index is -0.234. The summed E-state index contributed by atoms with van der Waals surface area (Å²) >= 11 is 3.25. The molecule has 0 aliphatic heterocycles. The van der Waals surface area contributed by atoms with Crippen molar-refractivity contribution in [3.63, 3.8) is 0 Å². The number of ketones is 1. The number of rotatable bonds is 2. The number of nitrogens with zero attached hydrogens (tertiary/aromatic N) is 4. The van der Waals surface area contributed by atoms with Crippen molar-refractivity contribution in [1.82, 2.24) is 19.7 Å². The fraction of sp³-hybridized carbons (Fsp3) is 0.111. The average Bonchev–Trinajstić information content (AvgIpc) is 2.65. The van der Waals surface area contributed by atoms with Crippen LogP contribution in [0.4, 0.5) is 0 Å². The van der Waals surface area contributed by atoms with Gasteiger partial charge in [-0.1, -0.05) is 0 Å². The van der Waals surface area contributed by atoms with Crippen molar-refractivity contribution in [2.24, 2.45) is 7.05 Å². The summed E-state index contributed by atoms with van der Waals surface area (Å²) in [5, 5.41) is 3.83. The SMILES string of the molecule is Cn1ncnc1C(=O)c1ccc(Br)cn1. The molecule has 0 saturated heterocycles. The number of pyridine rings is 1. The Morgan fingerprint density at radius 3 is 2.73 bits per heavy atom. The fourth-order valence-corrected chi connectivity index (χ4v) is 1.36. The predicted molar refractivity (Wildman–Crippen MR) is 56.4 cm³/mol. The molecule has 0 atom stereocenters. The second kappa shape index (κ2) is 3.90. The lowest BCUT2D eigenvalue weighted by Gasteiger charge is -1.98. The van der Waals surface area contributed by atoms with Gasteiger partial charge in [-0.15, -0.1) is 0 Å². The van der Waals surface area contributed by atoms with Crippen LogP contribution >= 0.6 is 15.9 Å². The van der Waals surface area contributed by atoms with Gasteiger partial charge in [0, 0.05) is 17.7 Å². The molecule has 2 heterocycles. The maximum Gasteiger partial charge on any atom is 0.248 e. The molecule has 0 fully saturated rings. The molecular formula is C9H7BrN4O. The Balaban J connectivity index is 2.37. The van der Waals surface area contributed by atoms with Gasteiger partial charge in [-0.05, 0) is 28.1 Å². The second-order valence-electron chi connectivity index (χ2n) is 2.90. The van der Waals surface area contributed by atoms with Crippen LogP contribution in [-0.4, -0.2) is 25.5 Å². The molecule has 2 aromatic heterocycles. The van der Waals surface area contributed by atoms with E-state index >= 15 is 0 Å². The molecule has 2 rings (SSSR count). The summed E-state index contributed by atoms with van der Waals surface area (Å²) in [7, 11) is 1.67. The van der Waals surface area contributed by atoms with Crippen molar-refractivity contribution in [3.8, 4) is 0 Å². The van der Waals surface area contributed by atoms with Crippen molar-refractivity contribution >= 4 is 21.7 Å². The molecule has 0 saturated carbocycles. The first-order chi connectivity index (χ1) is 7.18. The van der Waals surface area contributed by atoms with Gasteiger partial charge >= 0.3 is 0 Å². The zero-order valence-electron chi connectivity index (χ0n) is 7.88. The topological polar surface area (TPSA) is 60.7 Å². The third-order valence-electron chi connectivity index (χ3n) is 1.87. The van der Waals surface area contributed by atoms with E-state index in [1.165, 1.54) is 11.0 Å². The normalized spacial score (nSPS) is 10.3. The number of hydrogen-bond donors (Lipinski definition) is 0. The Kier molecular flexibility index (Phi) is 2.59. The molecule has 15 heavy (non-hydrogen) atoms. The Hall–Kier alpha value is -1.56. The summed E-state index contributed by atoms with van der Waals surface area (Å²) in [6.07, 6.45) is 2.91.